The number of aliphatic hydroxyl groups excluding tert-OH is 1. The molecule has 0 saturated carbocycles. The molecule has 0 aliphatic carbocycles. The van der Waals surface area contributed by atoms with E-state index in [0.717, 1.165) is 11.3 Å². The lowest BCUT2D eigenvalue weighted by atomic mass is 10.2. The maximum Gasteiger partial charge on any atom is 0.326 e. The number of carbonyl (C=O) groups excluding carboxylic acids is 1. The van der Waals surface area contributed by atoms with Crippen molar-refractivity contribution < 1.29 is 19.8 Å². The second-order valence-electron chi connectivity index (χ2n) is 5.21. The molecule has 1 aromatic rings. The number of likely N-dealkylation sites (tertiary alicyclic amines) is 1. The van der Waals surface area contributed by atoms with Crippen molar-refractivity contribution in [3.05, 3.63) is 29.8 Å². The normalized spacial score (nSPS) is 21.4. The van der Waals surface area contributed by atoms with Crippen LogP contribution < -0.4 is 4.90 Å². The maximum absolute atomic E-state index is 12.7. The van der Waals surface area contributed by atoms with Crippen molar-refractivity contribution in [2.45, 2.75) is 32.4 Å². The molecule has 2 N–H and O–H groups in total. The van der Waals surface area contributed by atoms with Crippen LogP contribution in [0.3, 0.4) is 0 Å². The summed E-state index contributed by atoms with van der Waals surface area (Å²) in [4.78, 5) is 26.7. The van der Waals surface area contributed by atoms with E-state index in [9.17, 15) is 19.8 Å². The number of carbonyl (C=O) groups is 2. The number of para-hydroxylation sites is 1. The summed E-state index contributed by atoms with van der Waals surface area (Å²) >= 11 is 0. The standard InChI is InChI=1S/C15H20N2O4/c1-3-16(12-7-5-4-6-10(12)2)15(21)17-9-11(18)8-13(17)14(19)20/h4-7,11,13,18H,3,8-9H2,1-2H3,(H,19,20)/t11-,13+/m1/s1. The van der Waals surface area contributed by atoms with Gasteiger partial charge in [0.15, 0.2) is 0 Å². The summed E-state index contributed by atoms with van der Waals surface area (Å²) in [5.41, 5.74) is 1.70. The van der Waals surface area contributed by atoms with Crippen molar-refractivity contribution in [2.24, 2.45) is 0 Å². The Morgan fingerprint density at radius 1 is 1.38 bits per heavy atom. The zero-order chi connectivity index (χ0) is 15.6. The van der Waals surface area contributed by atoms with Crippen molar-refractivity contribution in [3.63, 3.8) is 0 Å². The Bertz CT molecular complexity index is 546. The third kappa shape index (κ3) is 3.00. The van der Waals surface area contributed by atoms with E-state index in [1.165, 1.54) is 4.90 Å². The number of benzene rings is 1. The lowest BCUT2D eigenvalue weighted by Gasteiger charge is -2.30. The molecular formula is C15H20N2O4. The van der Waals surface area contributed by atoms with Gasteiger partial charge in [-0.1, -0.05) is 18.2 Å². The molecule has 1 aliphatic heterocycles. The molecule has 0 spiro atoms. The van der Waals surface area contributed by atoms with Crippen molar-refractivity contribution in [2.75, 3.05) is 18.0 Å². The molecule has 0 bridgehead atoms. The second kappa shape index (κ2) is 6.13. The van der Waals surface area contributed by atoms with Crippen molar-refractivity contribution in [3.8, 4) is 0 Å². The number of hydrogen-bond acceptors (Lipinski definition) is 3. The van der Waals surface area contributed by atoms with Gasteiger partial charge in [-0.25, -0.2) is 9.59 Å². The summed E-state index contributed by atoms with van der Waals surface area (Å²) in [5, 5.41) is 18.9. The van der Waals surface area contributed by atoms with Gasteiger partial charge in [0, 0.05) is 25.2 Å². The van der Waals surface area contributed by atoms with E-state index in [2.05, 4.69) is 0 Å². The fourth-order valence-electron chi connectivity index (χ4n) is 2.69. The van der Waals surface area contributed by atoms with Gasteiger partial charge in [-0.3, -0.25) is 4.90 Å². The van der Waals surface area contributed by atoms with E-state index in [1.54, 1.807) is 4.90 Å². The highest BCUT2D eigenvalue weighted by Gasteiger charge is 2.40. The average Bonchev–Trinajstić information content (AvgIpc) is 2.84. The third-order valence-corrected chi connectivity index (χ3v) is 3.76. The summed E-state index contributed by atoms with van der Waals surface area (Å²) in [5.74, 6) is -1.08. The predicted molar refractivity (Wildman–Crippen MR) is 78.3 cm³/mol. The minimum atomic E-state index is -1.08. The molecule has 1 aliphatic rings. The van der Waals surface area contributed by atoms with E-state index >= 15 is 0 Å². The fourth-order valence-corrected chi connectivity index (χ4v) is 2.69. The third-order valence-electron chi connectivity index (χ3n) is 3.76. The van der Waals surface area contributed by atoms with Crippen LogP contribution in [0.1, 0.15) is 18.9 Å². The van der Waals surface area contributed by atoms with Gasteiger partial charge in [-0.05, 0) is 25.5 Å². The number of aliphatic carboxylic acids is 1. The molecule has 2 amide bonds. The van der Waals surface area contributed by atoms with Crippen LogP contribution in [-0.4, -0.2) is 52.3 Å². The van der Waals surface area contributed by atoms with E-state index < -0.39 is 18.1 Å². The first-order valence-electron chi connectivity index (χ1n) is 7.00. The van der Waals surface area contributed by atoms with Crippen molar-refractivity contribution in [1.29, 1.82) is 0 Å². The molecule has 6 nitrogen and oxygen atoms in total. The highest BCUT2D eigenvalue weighted by Crippen LogP contribution is 2.25. The van der Waals surface area contributed by atoms with Crippen LogP contribution in [0.4, 0.5) is 10.5 Å². The number of hydrogen-bond donors (Lipinski definition) is 2. The molecule has 2 rings (SSSR count). The first-order chi connectivity index (χ1) is 9.95. The molecule has 114 valence electrons. The molecule has 1 fully saturated rings. The molecule has 2 atom stereocenters. The summed E-state index contributed by atoms with van der Waals surface area (Å²) in [6.07, 6.45) is -0.711. The number of anilines is 1. The minimum Gasteiger partial charge on any atom is -0.480 e. The minimum absolute atomic E-state index is 0.0538. The first kappa shape index (κ1) is 15.3. The molecule has 1 aromatic carbocycles. The second-order valence-corrected chi connectivity index (χ2v) is 5.21. The van der Waals surface area contributed by atoms with Crippen LogP contribution in [0, 0.1) is 6.92 Å². The van der Waals surface area contributed by atoms with E-state index in [1.807, 2.05) is 38.1 Å². The zero-order valence-electron chi connectivity index (χ0n) is 12.2. The van der Waals surface area contributed by atoms with Gasteiger partial charge < -0.3 is 15.1 Å². The highest BCUT2D eigenvalue weighted by atomic mass is 16.4. The highest BCUT2D eigenvalue weighted by molar-refractivity contribution is 5.95. The SMILES string of the molecule is CCN(C(=O)N1C[C@H](O)C[C@H]1C(=O)O)c1ccccc1C. The number of carboxylic acid groups (broad SMARTS) is 1. The zero-order valence-corrected chi connectivity index (χ0v) is 12.2. The fraction of sp³-hybridized carbons (Fsp3) is 0.467. The summed E-state index contributed by atoms with van der Waals surface area (Å²) in [6.45, 7) is 4.23. The van der Waals surface area contributed by atoms with Gasteiger partial charge in [0.1, 0.15) is 6.04 Å². The topological polar surface area (TPSA) is 81.1 Å². The number of rotatable bonds is 3. The van der Waals surface area contributed by atoms with Gasteiger partial charge >= 0.3 is 12.0 Å². The number of urea groups is 1. The number of aliphatic hydroxyl groups is 1. The number of nitrogens with zero attached hydrogens (tertiary/aromatic N) is 2. The van der Waals surface area contributed by atoms with E-state index in [4.69, 9.17) is 0 Å². The van der Waals surface area contributed by atoms with Crippen LogP contribution in [-0.2, 0) is 4.79 Å². The molecule has 0 unspecified atom stereocenters. The van der Waals surface area contributed by atoms with Crippen molar-refractivity contribution >= 4 is 17.7 Å². The molecule has 1 heterocycles. The molecule has 1 saturated heterocycles. The van der Waals surface area contributed by atoms with E-state index in [-0.39, 0.29) is 19.0 Å². The smallest absolute Gasteiger partial charge is 0.326 e. The largest absolute Gasteiger partial charge is 0.480 e. The quantitative estimate of drug-likeness (QED) is 0.883. The van der Waals surface area contributed by atoms with Crippen LogP contribution in [0.2, 0.25) is 0 Å². The lowest BCUT2D eigenvalue weighted by molar-refractivity contribution is -0.141. The number of amides is 2. The Labute approximate surface area is 123 Å². The van der Waals surface area contributed by atoms with Gasteiger partial charge in [-0.2, -0.15) is 0 Å². The summed E-state index contributed by atoms with van der Waals surface area (Å²) < 4.78 is 0. The summed E-state index contributed by atoms with van der Waals surface area (Å²) in [6, 6.07) is 6.11. The molecule has 0 aromatic heterocycles. The molecule has 0 radical (unpaired) electrons. The number of carboxylic acids is 1. The monoisotopic (exact) mass is 292 g/mol. The van der Waals surface area contributed by atoms with Gasteiger partial charge in [0.05, 0.1) is 6.10 Å². The summed E-state index contributed by atoms with van der Waals surface area (Å²) in [7, 11) is 0. The van der Waals surface area contributed by atoms with Gasteiger partial charge in [0.2, 0.25) is 0 Å². The Hall–Kier alpha value is -2.08. The Morgan fingerprint density at radius 3 is 2.62 bits per heavy atom. The van der Waals surface area contributed by atoms with Crippen LogP contribution >= 0.6 is 0 Å². The molecular weight excluding hydrogens is 272 g/mol. The van der Waals surface area contributed by atoms with Gasteiger partial charge in [-0.15, -0.1) is 0 Å². The van der Waals surface area contributed by atoms with Crippen LogP contribution in [0.5, 0.6) is 0 Å². The average molecular weight is 292 g/mol. The number of aryl methyl sites for hydroxylation is 1. The van der Waals surface area contributed by atoms with Gasteiger partial charge in [0.25, 0.3) is 0 Å². The maximum atomic E-state index is 12.7. The predicted octanol–water partition coefficient (Wildman–Crippen LogP) is 1.46. The molecule has 6 heteroatoms. The molecule has 21 heavy (non-hydrogen) atoms. The van der Waals surface area contributed by atoms with Crippen molar-refractivity contribution in [1.82, 2.24) is 4.90 Å². The Morgan fingerprint density at radius 2 is 2.05 bits per heavy atom. The Balaban J connectivity index is 2.28. The lowest BCUT2D eigenvalue weighted by Crippen LogP contribution is -2.48. The van der Waals surface area contributed by atoms with Crippen LogP contribution in [0.15, 0.2) is 24.3 Å². The number of β-amino-alcohol motifs (C(OH)–C–C–N with tert-alkyl or cyclic N) is 1. The Kier molecular flexibility index (Phi) is 4.47. The first-order valence-corrected chi connectivity index (χ1v) is 7.00. The van der Waals surface area contributed by atoms with E-state index in [0.29, 0.717) is 6.54 Å². The van der Waals surface area contributed by atoms with Crippen LogP contribution in [0.25, 0.3) is 0 Å².